The highest BCUT2D eigenvalue weighted by molar-refractivity contribution is 7.88. The molecule has 1 aliphatic heterocycles. The lowest BCUT2D eigenvalue weighted by molar-refractivity contribution is 0.126. The van der Waals surface area contributed by atoms with Crippen molar-refractivity contribution in [1.82, 2.24) is 9.21 Å². The summed E-state index contributed by atoms with van der Waals surface area (Å²) in [5.74, 6) is 0. The highest BCUT2D eigenvalue weighted by Gasteiger charge is 2.47. The molecule has 1 aliphatic carbocycles. The van der Waals surface area contributed by atoms with Crippen LogP contribution < -0.4 is 5.73 Å². The third-order valence-corrected chi connectivity index (χ3v) is 4.89. The van der Waals surface area contributed by atoms with E-state index in [1.165, 1.54) is 19.1 Å². The number of nitrogens with zero attached hydrogens (tertiary/aromatic N) is 2. The van der Waals surface area contributed by atoms with E-state index in [9.17, 15) is 8.42 Å². The summed E-state index contributed by atoms with van der Waals surface area (Å²) >= 11 is 0. The molecule has 5 nitrogen and oxygen atoms in total. The van der Waals surface area contributed by atoms with Crippen LogP contribution in [0, 0.1) is 0 Å². The van der Waals surface area contributed by atoms with Crippen LogP contribution in [0.2, 0.25) is 0 Å². The molecule has 0 atom stereocenters. The Hall–Kier alpha value is -0.170. The minimum atomic E-state index is -3.01. The zero-order valence-corrected chi connectivity index (χ0v) is 9.96. The lowest BCUT2D eigenvalue weighted by Crippen LogP contribution is -2.54. The summed E-state index contributed by atoms with van der Waals surface area (Å²) in [5.41, 5.74) is 5.96. The van der Waals surface area contributed by atoms with Gasteiger partial charge >= 0.3 is 0 Å². The zero-order valence-electron chi connectivity index (χ0n) is 9.15. The van der Waals surface area contributed by atoms with Gasteiger partial charge in [-0.15, -0.1) is 0 Å². The smallest absolute Gasteiger partial charge is 0.211 e. The molecular formula is C9H19N3O2S. The van der Waals surface area contributed by atoms with E-state index in [4.69, 9.17) is 5.73 Å². The average Bonchev–Trinajstić information content (AvgIpc) is 2.97. The van der Waals surface area contributed by atoms with E-state index in [0.717, 1.165) is 13.1 Å². The molecule has 88 valence electrons. The summed E-state index contributed by atoms with van der Waals surface area (Å²) < 4.78 is 24.2. The largest absolute Gasteiger partial charge is 0.329 e. The molecule has 1 saturated carbocycles. The first kappa shape index (κ1) is 11.3. The molecule has 0 aromatic heterocycles. The Morgan fingerprint density at radius 2 is 1.73 bits per heavy atom. The summed E-state index contributed by atoms with van der Waals surface area (Å²) in [6, 6.07) is 0. The van der Waals surface area contributed by atoms with Crippen molar-refractivity contribution in [1.29, 1.82) is 0 Å². The monoisotopic (exact) mass is 233 g/mol. The third-order valence-electron chi connectivity index (χ3n) is 3.59. The topological polar surface area (TPSA) is 66.6 Å². The van der Waals surface area contributed by atoms with E-state index in [1.807, 2.05) is 0 Å². The predicted octanol–water partition coefficient (Wildman–Crippen LogP) is -0.945. The van der Waals surface area contributed by atoms with Crippen molar-refractivity contribution < 1.29 is 8.42 Å². The Bertz CT molecular complexity index is 329. The molecule has 6 heteroatoms. The molecule has 0 aromatic carbocycles. The minimum Gasteiger partial charge on any atom is -0.329 e. The van der Waals surface area contributed by atoms with Crippen molar-refractivity contribution in [3.05, 3.63) is 0 Å². The van der Waals surface area contributed by atoms with Crippen LogP contribution >= 0.6 is 0 Å². The van der Waals surface area contributed by atoms with Crippen LogP contribution in [-0.4, -0.2) is 62.1 Å². The van der Waals surface area contributed by atoms with E-state index < -0.39 is 10.0 Å². The Morgan fingerprint density at radius 3 is 2.07 bits per heavy atom. The summed E-state index contributed by atoms with van der Waals surface area (Å²) in [5, 5.41) is 0. The van der Waals surface area contributed by atoms with Gasteiger partial charge in [0.1, 0.15) is 0 Å². The van der Waals surface area contributed by atoms with Gasteiger partial charge in [0.05, 0.1) is 6.26 Å². The molecular weight excluding hydrogens is 214 g/mol. The lowest BCUT2D eigenvalue weighted by Gasteiger charge is -2.38. The highest BCUT2D eigenvalue weighted by Crippen LogP contribution is 2.41. The van der Waals surface area contributed by atoms with Crippen LogP contribution in [0.25, 0.3) is 0 Å². The Morgan fingerprint density at radius 1 is 1.20 bits per heavy atom. The molecule has 2 aliphatic rings. The van der Waals surface area contributed by atoms with Crippen LogP contribution in [0.3, 0.4) is 0 Å². The molecule has 2 fully saturated rings. The van der Waals surface area contributed by atoms with Gasteiger partial charge in [-0.2, -0.15) is 4.31 Å². The molecule has 0 unspecified atom stereocenters. The molecule has 0 radical (unpaired) electrons. The molecule has 1 heterocycles. The molecule has 0 amide bonds. The Balaban J connectivity index is 1.93. The molecule has 0 spiro atoms. The van der Waals surface area contributed by atoms with Crippen molar-refractivity contribution in [2.24, 2.45) is 5.73 Å². The normalized spacial score (nSPS) is 27.9. The van der Waals surface area contributed by atoms with Crippen molar-refractivity contribution >= 4 is 10.0 Å². The zero-order chi connectivity index (χ0) is 11.1. The van der Waals surface area contributed by atoms with Gasteiger partial charge in [0.15, 0.2) is 0 Å². The molecule has 0 aromatic rings. The van der Waals surface area contributed by atoms with Crippen LogP contribution in [0.4, 0.5) is 0 Å². The van der Waals surface area contributed by atoms with Gasteiger partial charge in [-0.1, -0.05) is 0 Å². The second-order valence-electron chi connectivity index (χ2n) is 4.58. The fourth-order valence-electron chi connectivity index (χ4n) is 2.29. The van der Waals surface area contributed by atoms with Crippen LogP contribution in [-0.2, 0) is 10.0 Å². The summed E-state index contributed by atoms with van der Waals surface area (Å²) in [6.45, 7) is 3.57. The van der Waals surface area contributed by atoms with Gasteiger partial charge in [0.25, 0.3) is 0 Å². The maximum absolute atomic E-state index is 11.3. The van der Waals surface area contributed by atoms with Crippen molar-refractivity contribution in [3.8, 4) is 0 Å². The summed E-state index contributed by atoms with van der Waals surface area (Å²) in [4.78, 5) is 2.36. The SMILES string of the molecule is CS(=O)(=O)N1CCN(C2(CN)CC2)CC1. The minimum absolute atomic E-state index is 0.212. The molecule has 0 bridgehead atoms. The first-order valence-electron chi connectivity index (χ1n) is 5.38. The van der Waals surface area contributed by atoms with E-state index in [0.29, 0.717) is 19.6 Å². The van der Waals surface area contributed by atoms with E-state index in [2.05, 4.69) is 4.90 Å². The van der Waals surface area contributed by atoms with Crippen molar-refractivity contribution in [2.45, 2.75) is 18.4 Å². The first-order valence-corrected chi connectivity index (χ1v) is 7.23. The number of hydrogen-bond donors (Lipinski definition) is 1. The number of sulfonamides is 1. The lowest BCUT2D eigenvalue weighted by atomic mass is 10.2. The summed E-state index contributed by atoms with van der Waals surface area (Å²) in [7, 11) is -3.01. The first-order chi connectivity index (χ1) is 6.98. The van der Waals surface area contributed by atoms with E-state index in [1.54, 1.807) is 4.31 Å². The molecule has 15 heavy (non-hydrogen) atoms. The van der Waals surface area contributed by atoms with Crippen molar-refractivity contribution in [2.75, 3.05) is 39.0 Å². The molecule has 1 saturated heterocycles. The van der Waals surface area contributed by atoms with Gasteiger partial charge in [0.2, 0.25) is 10.0 Å². The molecule has 2 rings (SSSR count). The van der Waals surface area contributed by atoms with Gasteiger partial charge in [-0.25, -0.2) is 8.42 Å². The van der Waals surface area contributed by atoms with Gasteiger partial charge in [-0.05, 0) is 12.8 Å². The summed E-state index contributed by atoms with van der Waals surface area (Å²) in [6.07, 6.45) is 3.61. The number of rotatable bonds is 3. The average molecular weight is 233 g/mol. The Labute approximate surface area is 91.3 Å². The second-order valence-corrected chi connectivity index (χ2v) is 6.56. The maximum atomic E-state index is 11.3. The second kappa shape index (κ2) is 3.69. The standard InChI is InChI=1S/C9H19N3O2S/c1-15(13,14)12-6-4-11(5-7-12)9(8-10)2-3-9/h2-8,10H2,1H3. The van der Waals surface area contributed by atoms with Crippen LogP contribution in [0.1, 0.15) is 12.8 Å². The maximum Gasteiger partial charge on any atom is 0.211 e. The fourth-order valence-corrected chi connectivity index (χ4v) is 3.11. The van der Waals surface area contributed by atoms with E-state index in [-0.39, 0.29) is 5.54 Å². The van der Waals surface area contributed by atoms with Gasteiger partial charge in [0, 0.05) is 38.3 Å². The quantitative estimate of drug-likeness (QED) is 0.683. The van der Waals surface area contributed by atoms with E-state index >= 15 is 0 Å². The number of hydrogen-bond acceptors (Lipinski definition) is 4. The van der Waals surface area contributed by atoms with Crippen molar-refractivity contribution in [3.63, 3.8) is 0 Å². The van der Waals surface area contributed by atoms with Gasteiger partial charge in [-0.3, -0.25) is 4.90 Å². The highest BCUT2D eigenvalue weighted by atomic mass is 32.2. The van der Waals surface area contributed by atoms with Crippen LogP contribution in [0.5, 0.6) is 0 Å². The third kappa shape index (κ3) is 2.18. The number of piperazine rings is 1. The molecule has 2 N–H and O–H groups in total. The predicted molar refractivity (Wildman–Crippen MR) is 59.0 cm³/mol. The van der Waals surface area contributed by atoms with Gasteiger partial charge < -0.3 is 5.73 Å². The Kier molecular flexibility index (Phi) is 2.79. The fraction of sp³-hybridized carbons (Fsp3) is 1.00. The van der Waals surface area contributed by atoms with Crippen LogP contribution in [0.15, 0.2) is 0 Å². The number of nitrogens with two attached hydrogens (primary N) is 1.